The molecular formula is C13H21NO3. The van der Waals surface area contributed by atoms with Crippen molar-refractivity contribution in [1.82, 2.24) is 5.32 Å². The first kappa shape index (κ1) is 13.7. The summed E-state index contributed by atoms with van der Waals surface area (Å²) < 4.78 is 5.11. The Kier molecular flexibility index (Phi) is 4.32. The maximum atomic E-state index is 11.5. The number of carbonyl (C=O) groups excluding carboxylic acids is 2. The standard InChI is InChI=1S/C13H21NO3/c1-5-6-11(15)10-7-9(10)8-14-12(16)17-13(2,3)4/h5,9-10H,1,6-8H2,2-4H3,(H,14,16). The molecule has 1 amide bonds. The van der Waals surface area contributed by atoms with E-state index in [4.69, 9.17) is 4.74 Å². The Labute approximate surface area is 102 Å². The van der Waals surface area contributed by atoms with Gasteiger partial charge in [0, 0.05) is 18.9 Å². The van der Waals surface area contributed by atoms with Crippen LogP contribution in [0.2, 0.25) is 0 Å². The Morgan fingerprint density at radius 3 is 2.65 bits per heavy atom. The molecule has 1 saturated carbocycles. The molecule has 0 saturated heterocycles. The summed E-state index contributed by atoms with van der Waals surface area (Å²) in [5.74, 6) is 0.592. The fraction of sp³-hybridized carbons (Fsp3) is 0.692. The third-order valence-electron chi connectivity index (χ3n) is 2.59. The monoisotopic (exact) mass is 239 g/mol. The molecule has 1 rings (SSSR count). The smallest absolute Gasteiger partial charge is 0.407 e. The Balaban J connectivity index is 2.19. The molecule has 0 spiro atoms. The summed E-state index contributed by atoms with van der Waals surface area (Å²) in [5, 5.41) is 2.69. The van der Waals surface area contributed by atoms with Gasteiger partial charge < -0.3 is 10.1 Å². The number of ketones is 1. The van der Waals surface area contributed by atoms with E-state index in [1.807, 2.05) is 20.8 Å². The van der Waals surface area contributed by atoms with Gasteiger partial charge in [0.2, 0.25) is 0 Å². The second-order valence-corrected chi connectivity index (χ2v) is 5.44. The molecule has 2 unspecified atom stereocenters. The first-order valence-electron chi connectivity index (χ1n) is 5.94. The number of alkyl carbamates (subject to hydrolysis) is 1. The highest BCUT2D eigenvalue weighted by atomic mass is 16.6. The largest absolute Gasteiger partial charge is 0.444 e. The number of rotatable bonds is 5. The third-order valence-corrected chi connectivity index (χ3v) is 2.59. The normalized spacial score (nSPS) is 22.8. The summed E-state index contributed by atoms with van der Waals surface area (Å²) >= 11 is 0. The van der Waals surface area contributed by atoms with E-state index >= 15 is 0 Å². The quantitative estimate of drug-likeness (QED) is 0.749. The first-order chi connectivity index (χ1) is 7.83. The van der Waals surface area contributed by atoms with E-state index in [2.05, 4.69) is 11.9 Å². The maximum Gasteiger partial charge on any atom is 0.407 e. The zero-order chi connectivity index (χ0) is 13.1. The summed E-state index contributed by atoms with van der Waals surface area (Å²) in [5.41, 5.74) is -0.480. The number of hydrogen-bond donors (Lipinski definition) is 1. The van der Waals surface area contributed by atoms with Crippen molar-refractivity contribution in [3.05, 3.63) is 12.7 Å². The van der Waals surface area contributed by atoms with Crippen molar-refractivity contribution in [3.8, 4) is 0 Å². The van der Waals surface area contributed by atoms with Gasteiger partial charge in [0.25, 0.3) is 0 Å². The van der Waals surface area contributed by atoms with Gasteiger partial charge in [0.15, 0.2) is 0 Å². The van der Waals surface area contributed by atoms with E-state index in [0.29, 0.717) is 13.0 Å². The van der Waals surface area contributed by atoms with Gasteiger partial charge in [-0.3, -0.25) is 4.79 Å². The molecule has 0 radical (unpaired) electrons. The molecule has 1 fully saturated rings. The number of nitrogens with one attached hydrogen (secondary N) is 1. The number of allylic oxidation sites excluding steroid dienone is 1. The van der Waals surface area contributed by atoms with Crippen LogP contribution in [0, 0.1) is 11.8 Å². The second kappa shape index (κ2) is 5.34. The number of amides is 1. The number of carbonyl (C=O) groups is 2. The van der Waals surface area contributed by atoms with Crippen molar-refractivity contribution in [2.24, 2.45) is 11.8 Å². The summed E-state index contributed by atoms with van der Waals surface area (Å²) in [7, 11) is 0. The minimum absolute atomic E-state index is 0.0999. The molecule has 4 nitrogen and oxygen atoms in total. The lowest BCUT2D eigenvalue weighted by Gasteiger charge is -2.19. The second-order valence-electron chi connectivity index (χ2n) is 5.44. The van der Waals surface area contributed by atoms with E-state index in [-0.39, 0.29) is 17.6 Å². The molecular weight excluding hydrogens is 218 g/mol. The first-order valence-corrected chi connectivity index (χ1v) is 5.94. The Hall–Kier alpha value is -1.32. The predicted molar refractivity (Wildman–Crippen MR) is 65.7 cm³/mol. The SMILES string of the molecule is C=CCC(=O)C1CC1CNC(=O)OC(C)(C)C. The van der Waals surface area contributed by atoms with Crippen molar-refractivity contribution in [2.45, 2.75) is 39.2 Å². The average molecular weight is 239 g/mol. The van der Waals surface area contributed by atoms with E-state index in [9.17, 15) is 9.59 Å². The lowest BCUT2D eigenvalue weighted by molar-refractivity contribution is -0.119. The minimum atomic E-state index is -0.480. The number of ether oxygens (including phenoxy) is 1. The molecule has 0 bridgehead atoms. The van der Waals surface area contributed by atoms with Crippen LogP contribution in [-0.2, 0) is 9.53 Å². The fourth-order valence-electron chi connectivity index (χ4n) is 1.69. The lowest BCUT2D eigenvalue weighted by Crippen LogP contribution is -2.33. The highest BCUT2D eigenvalue weighted by Crippen LogP contribution is 2.39. The van der Waals surface area contributed by atoms with E-state index in [1.54, 1.807) is 6.08 Å². The Morgan fingerprint density at radius 2 is 2.12 bits per heavy atom. The van der Waals surface area contributed by atoms with Gasteiger partial charge in [-0.25, -0.2) is 4.79 Å². The minimum Gasteiger partial charge on any atom is -0.444 e. The van der Waals surface area contributed by atoms with Crippen molar-refractivity contribution < 1.29 is 14.3 Å². The van der Waals surface area contributed by atoms with E-state index < -0.39 is 11.7 Å². The summed E-state index contributed by atoms with van der Waals surface area (Å²) in [4.78, 5) is 22.8. The maximum absolute atomic E-state index is 11.5. The molecule has 0 aliphatic heterocycles. The number of hydrogen-bond acceptors (Lipinski definition) is 3. The van der Waals surface area contributed by atoms with Gasteiger partial charge in [-0.2, -0.15) is 0 Å². The van der Waals surface area contributed by atoms with Crippen LogP contribution >= 0.6 is 0 Å². The average Bonchev–Trinajstić information content (AvgIpc) is 2.91. The van der Waals surface area contributed by atoms with Gasteiger partial charge in [-0.05, 0) is 33.1 Å². The topological polar surface area (TPSA) is 55.4 Å². The third kappa shape index (κ3) is 5.02. The Morgan fingerprint density at radius 1 is 1.47 bits per heavy atom. The Bertz CT molecular complexity index is 317. The van der Waals surface area contributed by atoms with Crippen LogP contribution < -0.4 is 5.32 Å². The van der Waals surface area contributed by atoms with Crippen LogP contribution in [0.4, 0.5) is 4.79 Å². The molecule has 96 valence electrons. The van der Waals surface area contributed by atoms with Gasteiger partial charge in [0.1, 0.15) is 11.4 Å². The molecule has 0 aromatic heterocycles. The van der Waals surface area contributed by atoms with Crippen molar-refractivity contribution >= 4 is 11.9 Å². The van der Waals surface area contributed by atoms with Crippen molar-refractivity contribution in [2.75, 3.05) is 6.54 Å². The molecule has 1 aliphatic carbocycles. The van der Waals surface area contributed by atoms with Gasteiger partial charge in [0.05, 0.1) is 0 Å². The van der Waals surface area contributed by atoms with Crippen LogP contribution in [0.15, 0.2) is 12.7 Å². The zero-order valence-electron chi connectivity index (χ0n) is 10.8. The summed E-state index contributed by atoms with van der Waals surface area (Å²) in [6, 6.07) is 0. The van der Waals surface area contributed by atoms with Crippen LogP contribution in [0.3, 0.4) is 0 Å². The molecule has 2 atom stereocenters. The highest BCUT2D eigenvalue weighted by Gasteiger charge is 2.41. The number of Topliss-reactive ketones (excluding diaryl/α,β-unsaturated/α-hetero) is 1. The lowest BCUT2D eigenvalue weighted by atomic mass is 10.1. The molecule has 17 heavy (non-hydrogen) atoms. The molecule has 0 aromatic rings. The predicted octanol–water partition coefficient (Wildman–Crippen LogP) is 2.29. The zero-order valence-corrected chi connectivity index (χ0v) is 10.8. The van der Waals surface area contributed by atoms with Gasteiger partial charge in [-0.15, -0.1) is 6.58 Å². The van der Waals surface area contributed by atoms with Crippen LogP contribution in [0.1, 0.15) is 33.6 Å². The molecule has 0 aromatic carbocycles. The van der Waals surface area contributed by atoms with Crippen LogP contribution in [0.5, 0.6) is 0 Å². The molecule has 1 aliphatic rings. The van der Waals surface area contributed by atoms with E-state index in [1.165, 1.54) is 0 Å². The van der Waals surface area contributed by atoms with Gasteiger partial charge in [-0.1, -0.05) is 6.08 Å². The van der Waals surface area contributed by atoms with Crippen LogP contribution in [-0.4, -0.2) is 24.0 Å². The van der Waals surface area contributed by atoms with Gasteiger partial charge >= 0.3 is 6.09 Å². The molecule has 4 heteroatoms. The summed E-state index contributed by atoms with van der Waals surface area (Å²) in [6.45, 7) is 9.51. The van der Waals surface area contributed by atoms with Crippen molar-refractivity contribution in [1.29, 1.82) is 0 Å². The highest BCUT2D eigenvalue weighted by molar-refractivity contribution is 5.85. The van der Waals surface area contributed by atoms with Crippen molar-refractivity contribution in [3.63, 3.8) is 0 Å². The van der Waals surface area contributed by atoms with Crippen LogP contribution in [0.25, 0.3) is 0 Å². The fourth-order valence-corrected chi connectivity index (χ4v) is 1.69. The molecule has 0 heterocycles. The molecule has 1 N–H and O–H groups in total. The van der Waals surface area contributed by atoms with E-state index in [0.717, 1.165) is 6.42 Å². The summed E-state index contributed by atoms with van der Waals surface area (Å²) in [6.07, 6.45) is 2.49.